The highest BCUT2D eigenvalue weighted by Gasteiger charge is 2.25. The van der Waals surface area contributed by atoms with E-state index in [0.717, 1.165) is 34.3 Å². The van der Waals surface area contributed by atoms with Crippen molar-refractivity contribution in [2.75, 3.05) is 11.9 Å². The van der Waals surface area contributed by atoms with E-state index in [0.29, 0.717) is 6.04 Å². The van der Waals surface area contributed by atoms with Gasteiger partial charge in [0.15, 0.2) is 0 Å². The Bertz CT molecular complexity index is 504. The monoisotopic (exact) mass is 292 g/mol. The number of amides is 1. The SMILES string of the molecule is O=C1Nc2ccc(Br)cc2C1=CC1CCCN1. The van der Waals surface area contributed by atoms with E-state index in [1.165, 1.54) is 6.42 Å². The molecule has 2 aliphatic rings. The van der Waals surface area contributed by atoms with E-state index < -0.39 is 0 Å². The van der Waals surface area contributed by atoms with Crippen LogP contribution in [0.2, 0.25) is 0 Å². The van der Waals surface area contributed by atoms with Gasteiger partial charge in [0.2, 0.25) is 0 Å². The Labute approximate surface area is 108 Å². The topological polar surface area (TPSA) is 41.1 Å². The Hall–Kier alpha value is -1.13. The predicted octanol–water partition coefficient (Wildman–Crippen LogP) is 2.54. The van der Waals surface area contributed by atoms with E-state index in [1.807, 2.05) is 18.2 Å². The van der Waals surface area contributed by atoms with Crippen molar-refractivity contribution >= 4 is 33.1 Å². The Morgan fingerprint density at radius 1 is 1.41 bits per heavy atom. The maximum absolute atomic E-state index is 11.9. The third-order valence-corrected chi connectivity index (χ3v) is 3.72. The van der Waals surface area contributed by atoms with Crippen LogP contribution >= 0.6 is 15.9 Å². The predicted molar refractivity (Wildman–Crippen MR) is 71.8 cm³/mol. The van der Waals surface area contributed by atoms with Gasteiger partial charge >= 0.3 is 0 Å². The molecule has 1 aromatic rings. The summed E-state index contributed by atoms with van der Waals surface area (Å²) in [5, 5.41) is 6.27. The number of hydrogen-bond acceptors (Lipinski definition) is 2. The Morgan fingerprint density at radius 2 is 2.29 bits per heavy atom. The van der Waals surface area contributed by atoms with Crippen molar-refractivity contribution in [1.82, 2.24) is 5.32 Å². The molecule has 0 aromatic heterocycles. The van der Waals surface area contributed by atoms with Crippen molar-refractivity contribution in [1.29, 1.82) is 0 Å². The first kappa shape index (κ1) is 11.0. The minimum Gasteiger partial charge on any atom is -0.321 e. The van der Waals surface area contributed by atoms with Crippen LogP contribution in [0, 0.1) is 0 Å². The number of halogens is 1. The second kappa shape index (κ2) is 4.27. The minimum atomic E-state index is 0.00630. The summed E-state index contributed by atoms with van der Waals surface area (Å²) in [6.07, 6.45) is 4.35. The van der Waals surface area contributed by atoms with Crippen LogP contribution in [0.5, 0.6) is 0 Å². The van der Waals surface area contributed by atoms with Crippen LogP contribution in [0.1, 0.15) is 18.4 Å². The van der Waals surface area contributed by atoms with E-state index in [4.69, 9.17) is 0 Å². The van der Waals surface area contributed by atoms with Crippen molar-refractivity contribution < 1.29 is 4.79 Å². The molecule has 3 nitrogen and oxygen atoms in total. The molecular weight excluding hydrogens is 280 g/mol. The summed E-state index contributed by atoms with van der Waals surface area (Å²) in [6.45, 7) is 1.04. The number of hydrogen-bond donors (Lipinski definition) is 2. The number of carbonyl (C=O) groups excluding carboxylic acids is 1. The minimum absolute atomic E-state index is 0.00630. The molecule has 4 heteroatoms. The molecule has 0 bridgehead atoms. The molecule has 0 radical (unpaired) electrons. The van der Waals surface area contributed by atoms with Gasteiger partial charge in [-0.05, 0) is 37.6 Å². The van der Waals surface area contributed by atoms with Gasteiger partial charge in [-0.3, -0.25) is 4.79 Å². The number of nitrogens with one attached hydrogen (secondary N) is 2. The Kier molecular flexibility index (Phi) is 2.76. The van der Waals surface area contributed by atoms with Gasteiger partial charge in [0.1, 0.15) is 0 Å². The summed E-state index contributed by atoms with van der Waals surface area (Å²) in [6, 6.07) is 6.20. The van der Waals surface area contributed by atoms with Gasteiger partial charge in [-0.2, -0.15) is 0 Å². The van der Waals surface area contributed by atoms with Gasteiger partial charge in [-0.15, -0.1) is 0 Å². The molecule has 17 heavy (non-hydrogen) atoms. The van der Waals surface area contributed by atoms with Gasteiger partial charge in [-0.25, -0.2) is 0 Å². The maximum Gasteiger partial charge on any atom is 0.256 e. The molecule has 2 N–H and O–H groups in total. The molecule has 1 atom stereocenters. The van der Waals surface area contributed by atoms with Crippen molar-refractivity contribution in [3.05, 3.63) is 34.3 Å². The molecule has 1 fully saturated rings. The van der Waals surface area contributed by atoms with E-state index in [1.54, 1.807) is 0 Å². The summed E-state index contributed by atoms with van der Waals surface area (Å²) in [5.74, 6) is 0.00630. The summed E-state index contributed by atoms with van der Waals surface area (Å²) >= 11 is 3.44. The molecular formula is C13H13BrN2O. The number of fused-ring (bicyclic) bond motifs is 1. The molecule has 1 unspecified atom stereocenters. The van der Waals surface area contributed by atoms with E-state index in [9.17, 15) is 4.79 Å². The molecule has 0 spiro atoms. The highest BCUT2D eigenvalue weighted by Crippen LogP contribution is 2.34. The third kappa shape index (κ3) is 2.03. The fraction of sp³-hybridized carbons (Fsp3) is 0.308. The second-order valence-corrected chi connectivity index (χ2v) is 5.34. The van der Waals surface area contributed by atoms with Gasteiger partial charge in [0.05, 0.1) is 0 Å². The highest BCUT2D eigenvalue weighted by molar-refractivity contribution is 9.10. The summed E-state index contributed by atoms with van der Waals surface area (Å²) in [5.41, 5.74) is 2.70. The number of anilines is 1. The average Bonchev–Trinajstić information content (AvgIpc) is 2.90. The van der Waals surface area contributed by atoms with Crippen LogP contribution in [-0.4, -0.2) is 18.5 Å². The molecule has 1 saturated heterocycles. The lowest BCUT2D eigenvalue weighted by Crippen LogP contribution is -2.19. The van der Waals surface area contributed by atoms with Crippen molar-refractivity contribution in [3.63, 3.8) is 0 Å². The summed E-state index contributed by atoms with van der Waals surface area (Å²) < 4.78 is 0.998. The smallest absolute Gasteiger partial charge is 0.256 e. The zero-order valence-electron chi connectivity index (χ0n) is 9.29. The van der Waals surface area contributed by atoms with Crippen molar-refractivity contribution in [2.24, 2.45) is 0 Å². The molecule has 1 aromatic carbocycles. The average molecular weight is 293 g/mol. The van der Waals surface area contributed by atoms with Gasteiger partial charge in [-0.1, -0.05) is 22.0 Å². The molecule has 2 heterocycles. The third-order valence-electron chi connectivity index (χ3n) is 3.23. The Balaban J connectivity index is 2.00. The molecule has 0 aliphatic carbocycles. The quantitative estimate of drug-likeness (QED) is 0.781. The van der Waals surface area contributed by atoms with Gasteiger partial charge in [0, 0.05) is 27.3 Å². The lowest BCUT2D eigenvalue weighted by molar-refractivity contribution is -0.110. The van der Waals surface area contributed by atoms with E-state index in [2.05, 4.69) is 32.6 Å². The maximum atomic E-state index is 11.9. The normalized spacial score (nSPS) is 25.1. The fourth-order valence-electron chi connectivity index (χ4n) is 2.38. The van der Waals surface area contributed by atoms with Crippen molar-refractivity contribution in [3.8, 4) is 0 Å². The zero-order chi connectivity index (χ0) is 11.8. The van der Waals surface area contributed by atoms with Gasteiger partial charge in [0.25, 0.3) is 5.91 Å². The summed E-state index contributed by atoms with van der Waals surface area (Å²) in [4.78, 5) is 11.9. The first-order valence-corrected chi connectivity index (χ1v) is 6.60. The molecule has 1 amide bonds. The first-order valence-electron chi connectivity index (χ1n) is 5.80. The molecule has 3 rings (SSSR count). The Morgan fingerprint density at radius 3 is 3.06 bits per heavy atom. The van der Waals surface area contributed by atoms with Crippen molar-refractivity contribution in [2.45, 2.75) is 18.9 Å². The van der Waals surface area contributed by atoms with Crippen LogP contribution < -0.4 is 10.6 Å². The van der Waals surface area contributed by atoms with Crippen LogP contribution in [0.15, 0.2) is 28.7 Å². The molecule has 88 valence electrons. The standard InChI is InChI=1S/C13H13BrN2O/c14-8-3-4-12-10(6-8)11(13(17)16-12)7-9-2-1-5-15-9/h3-4,6-7,9,15H,1-2,5H2,(H,16,17). The molecule has 2 aliphatic heterocycles. The number of carbonyl (C=O) groups is 1. The molecule has 0 saturated carbocycles. The second-order valence-electron chi connectivity index (χ2n) is 4.43. The lowest BCUT2D eigenvalue weighted by Gasteiger charge is -2.05. The largest absolute Gasteiger partial charge is 0.321 e. The highest BCUT2D eigenvalue weighted by atomic mass is 79.9. The van der Waals surface area contributed by atoms with Crippen LogP contribution in [-0.2, 0) is 4.79 Å². The van der Waals surface area contributed by atoms with Gasteiger partial charge < -0.3 is 10.6 Å². The van der Waals surface area contributed by atoms with Crippen LogP contribution in [0.3, 0.4) is 0 Å². The van der Waals surface area contributed by atoms with E-state index >= 15 is 0 Å². The van der Waals surface area contributed by atoms with Crippen LogP contribution in [0.25, 0.3) is 5.57 Å². The van der Waals surface area contributed by atoms with E-state index in [-0.39, 0.29) is 5.91 Å². The first-order chi connectivity index (χ1) is 8.24. The number of rotatable bonds is 1. The lowest BCUT2D eigenvalue weighted by atomic mass is 10.0. The van der Waals surface area contributed by atoms with Crippen LogP contribution in [0.4, 0.5) is 5.69 Å². The zero-order valence-corrected chi connectivity index (χ0v) is 10.9. The fourth-order valence-corrected chi connectivity index (χ4v) is 2.74. The summed E-state index contributed by atoms with van der Waals surface area (Å²) in [7, 11) is 0. The number of benzene rings is 1.